The van der Waals surface area contributed by atoms with Crippen LogP contribution in [-0.2, 0) is 4.74 Å². The quantitative estimate of drug-likeness (QED) is 0.678. The molecule has 0 amide bonds. The lowest BCUT2D eigenvalue weighted by Crippen LogP contribution is -2.57. The average molecular weight is 329 g/mol. The van der Waals surface area contributed by atoms with E-state index < -0.39 is 0 Å². The summed E-state index contributed by atoms with van der Waals surface area (Å²) in [4.78, 5) is 15.7. The maximum absolute atomic E-state index is 11.8. The standard InChI is InChI=1S/C15H24N2O2S2/c1-9(18)11-10(16)12(20-6)13(21-11)17-7-14(2,3)19-15(4,5)8-17/h7-8,16H2,1-6H3. The number of rotatable bonds is 3. The number of thiophene rings is 1. The van der Waals surface area contributed by atoms with Crippen molar-refractivity contribution in [1.29, 1.82) is 0 Å². The van der Waals surface area contributed by atoms with E-state index in [1.165, 1.54) is 11.3 Å². The van der Waals surface area contributed by atoms with Crippen LogP contribution in [-0.4, -0.2) is 36.3 Å². The van der Waals surface area contributed by atoms with Crippen molar-refractivity contribution in [2.24, 2.45) is 0 Å². The van der Waals surface area contributed by atoms with E-state index in [-0.39, 0.29) is 17.0 Å². The molecule has 1 saturated heterocycles. The second-order valence-corrected chi connectivity index (χ2v) is 8.53. The van der Waals surface area contributed by atoms with Crippen LogP contribution in [0, 0.1) is 0 Å². The van der Waals surface area contributed by atoms with Gasteiger partial charge in [-0.2, -0.15) is 0 Å². The molecule has 0 atom stereocenters. The van der Waals surface area contributed by atoms with Crippen molar-refractivity contribution in [2.75, 3.05) is 30.0 Å². The van der Waals surface area contributed by atoms with Crippen LogP contribution >= 0.6 is 23.1 Å². The first-order valence-electron chi connectivity index (χ1n) is 6.98. The smallest absolute Gasteiger partial charge is 0.171 e. The second kappa shape index (κ2) is 5.48. The Labute approximate surface area is 135 Å². The Morgan fingerprint density at radius 2 is 1.81 bits per heavy atom. The van der Waals surface area contributed by atoms with Gasteiger partial charge in [-0.3, -0.25) is 4.79 Å². The summed E-state index contributed by atoms with van der Waals surface area (Å²) in [6.07, 6.45) is 2.00. The van der Waals surface area contributed by atoms with Crippen LogP contribution in [0.1, 0.15) is 44.3 Å². The average Bonchev–Trinajstić information content (AvgIpc) is 2.62. The molecule has 1 aromatic rings. The Morgan fingerprint density at radius 3 is 2.24 bits per heavy atom. The number of nitrogens with two attached hydrogens (primary N) is 1. The van der Waals surface area contributed by atoms with Gasteiger partial charge < -0.3 is 15.4 Å². The van der Waals surface area contributed by atoms with E-state index in [9.17, 15) is 4.79 Å². The summed E-state index contributed by atoms with van der Waals surface area (Å²) in [7, 11) is 0. The number of anilines is 2. The lowest BCUT2D eigenvalue weighted by Gasteiger charge is -2.47. The largest absolute Gasteiger partial charge is 0.396 e. The molecule has 0 saturated carbocycles. The molecule has 1 fully saturated rings. The molecule has 2 heterocycles. The molecule has 0 spiro atoms. The van der Waals surface area contributed by atoms with Gasteiger partial charge in [-0.1, -0.05) is 0 Å². The van der Waals surface area contributed by atoms with Crippen LogP contribution in [0.2, 0.25) is 0 Å². The minimum absolute atomic E-state index is 0.0332. The Hall–Kier alpha value is -0.720. The summed E-state index contributed by atoms with van der Waals surface area (Å²) in [5.74, 6) is 0.0332. The summed E-state index contributed by atoms with van der Waals surface area (Å²) in [5.41, 5.74) is 6.33. The number of nitrogen functional groups attached to an aromatic ring is 1. The maximum Gasteiger partial charge on any atom is 0.171 e. The molecule has 2 rings (SSSR count). The Morgan fingerprint density at radius 1 is 1.29 bits per heavy atom. The molecule has 0 unspecified atom stereocenters. The molecule has 1 aliphatic heterocycles. The van der Waals surface area contributed by atoms with Gasteiger partial charge in [-0.25, -0.2) is 0 Å². The number of morpholine rings is 1. The third kappa shape index (κ3) is 3.38. The van der Waals surface area contributed by atoms with Crippen molar-refractivity contribution < 1.29 is 9.53 Å². The highest BCUT2D eigenvalue weighted by atomic mass is 32.2. The van der Waals surface area contributed by atoms with Crippen LogP contribution in [0.5, 0.6) is 0 Å². The summed E-state index contributed by atoms with van der Waals surface area (Å²) < 4.78 is 6.13. The third-order valence-corrected chi connectivity index (χ3v) is 5.71. The van der Waals surface area contributed by atoms with Gasteiger partial charge >= 0.3 is 0 Å². The van der Waals surface area contributed by atoms with Crippen molar-refractivity contribution in [3.63, 3.8) is 0 Å². The van der Waals surface area contributed by atoms with Gasteiger partial charge in [0.25, 0.3) is 0 Å². The first-order valence-corrected chi connectivity index (χ1v) is 9.03. The molecule has 2 N–H and O–H groups in total. The number of Topliss-reactive ketones (excluding diaryl/α,β-unsaturated/α-hetero) is 1. The van der Waals surface area contributed by atoms with E-state index in [0.717, 1.165) is 23.0 Å². The van der Waals surface area contributed by atoms with Crippen molar-refractivity contribution in [3.8, 4) is 0 Å². The molecule has 0 radical (unpaired) electrons. The zero-order valence-corrected chi connectivity index (χ0v) is 15.2. The zero-order chi connectivity index (χ0) is 16.0. The molecule has 21 heavy (non-hydrogen) atoms. The highest BCUT2D eigenvalue weighted by Gasteiger charge is 2.39. The van der Waals surface area contributed by atoms with Crippen LogP contribution in [0.4, 0.5) is 10.7 Å². The summed E-state index contributed by atoms with van der Waals surface area (Å²) in [5, 5.41) is 1.09. The normalized spacial score (nSPS) is 20.6. The number of hydrogen-bond acceptors (Lipinski definition) is 6. The van der Waals surface area contributed by atoms with Gasteiger partial charge in [0.2, 0.25) is 0 Å². The predicted octanol–water partition coefficient (Wildman–Crippen LogP) is 3.65. The number of carbonyl (C=O) groups is 1. The Kier molecular flexibility index (Phi) is 4.35. The summed E-state index contributed by atoms with van der Waals surface area (Å²) >= 11 is 3.11. The lowest BCUT2D eigenvalue weighted by atomic mass is 9.99. The van der Waals surface area contributed by atoms with E-state index in [1.54, 1.807) is 18.7 Å². The van der Waals surface area contributed by atoms with Crippen LogP contribution < -0.4 is 10.6 Å². The molecule has 4 nitrogen and oxygen atoms in total. The van der Waals surface area contributed by atoms with Crippen LogP contribution in [0.15, 0.2) is 4.90 Å². The molecular formula is C15H24N2O2S2. The monoisotopic (exact) mass is 328 g/mol. The van der Waals surface area contributed by atoms with Gasteiger partial charge in [0.05, 0.1) is 26.7 Å². The van der Waals surface area contributed by atoms with E-state index in [1.807, 2.05) is 6.26 Å². The predicted molar refractivity (Wildman–Crippen MR) is 92.0 cm³/mol. The molecule has 0 bridgehead atoms. The maximum atomic E-state index is 11.8. The zero-order valence-electron chi connectivity index (χ0n) is 13.6. The minimum atomic E-state index is -0.230. The van der Waals surface area contributed by atoms with E-state index in [0.29, 0.717) is 10.6 Å². The highest BCUT2D eigenvalue weighted by molar-refractivity contribution is 7.99. The fourth-order valence-electron chi connectivity index (χ4n) is 3.01. The number of hydrogen-bond donors (Lipinski definition) is 1. The topological polar surface area (TPSA) is 55.6 Å². The molecule has 6 heteroatoms. The SMILES string of the molecule is CSc1c(N2CC(C)(C)OC(C)(C)C2)sc(C(C)=O)c1N. The van der Waals surface area contributed by atoms with Gasteiger partial charge in [0, 0.05) is 20.0 Å². The Balaban J connectivity index is 2.46. The first-order chi connectivity index (χ1) is 9.56. The number of ketones is 1. The molecule has 0 aliphatic carbocycles. The van der Waals surface area contributed by atoms with Gasteiger partial charge in [-0.05, 0) is 34.0 Å². The lowest BCUT2D eigenvalue weighted by molar-refractivity contribution is -0.133. The minimum Gasteiger partial charge on any atom is -0.396 e. The van der Waals surface area contributed by atoms with Gasteiger partial charge in [-0.15, -0.1) is 23.1 Å². The molecular weight excluding hydrogens is 304 g/mol. The van der Waals surface area contributed by atoms with Crippen molar-refractivity contribution in [2.45, 2.75) is 50.7 Å². The van der Waals surface area contributed by atoms with E-state index in [4.69, 9.17) is 10.5 Å². The van der Waals surface area contributed by atoms with Crippen molar-refractivity contribution in [3.05, 3.63) is 4.88 Å². The van der Waals surface area contributed by atoms with E-state index >= 15 is 0 Å². The van der Waals surface area contributed by atoms with Gasteiger partial charge in [0.15, 0.2) is 5.78 Å². The van der Waals surface area contributed by atoms with Gasteiger partial charge in [0.1, 0.15) is 5.00 Å². The fraction of sp³-hybridized carbons (Fsp3) is 0.667. The summed E-state index contributed by atoms with van der Waals surface area (Å²) in [6, 6.07) is 0. The number of thioether (sulfide) groups is 1. The highest BCUT2D eigenvalue weighted by Crippen LogP contribution is 2.46. The van der Waals surface area contributed by atoms with Crippen molar-refractivity contribution in [1.82, 2.24) is 0 Å². The van der Waals surface area contributed by atoms with Crippen molar-refractivity contribution >= 4 is 39.6 Å². The van der Waals surface area contributed by atoms with E-state index in [2.05, 4.69) is 32.6 Å². The number of nitrogens with zero attached hydrogens (tertiary/aromatic N) is 1. The number of carbonyl (C=O) groups excluding carboxylic acids is 1. The molecule has 0 aromatic carbocycles. The fourth-order valence-corrected chi connectivity index (χ4v) is 5.09. The summed E-state index contributed by atoms with van der Waals surface area (Å²) in [6.45, 7) is 11.6. The first kappa shape index (κ1) is 16.6. The second-order valence-electron chi connectivity index (χ2n) is 6.72. The Bertz CT molecular complexity index is 548. The molecule has 1 aliphatic rings. The number of ether oxygens (including phenoxy) is 1. The van der Waals surface area contributed by atoms with Crippen LogP contribution in [0.3, 0.4) is 0 Å². The molecule has 1 aromatic heterocycles. The van der Waals surface area contributed by atoms with Crippen LogP contribution in [0.25, 0.3) is 0 Å². The third-order valence-electron chi connectivity index (χ3n) is 3.39. The molecule has 118 valence electrons.